The fraction of sp³-hybridized carbons (Fsp3) is 0.211. The molecule has 0 spiro atoms. The van der Waals surface area contributed by atoms with Crippen LogP contribution in [0.4, 0.5) is 0 Å². The number of hydrogen-bond acceptors (Lipinski definition) is 3. The molecule has 62 heavy (non-hydrogen) atoms. The second kappa shape index (κ2) is 13.8. The van der Waals surface area contributed by atoms with Crippen LogP contribution < -0.4 is 0 Å². The molecule has 3 aromatic heterocycles. The molecule has 3 heterocycles. The molecule has 0 bridgehead atoms. The SMILES string of the molecule is CC1(C)CCC(C)(C)c2cc3c(cc21)c1cc2ccccc2cc1n3-c1cccc(-c2nc(C3=CC=CCC3)nc(C3=CC=CC(n4c5ccccc5c5ccccc54)C3)n2)c1. The van der Waals surface area contributed by atoms with Gasteiger partial charge in [0.15, 0.2) is 17.5 Å². The van der Waals surface area contributed by atoms with E-state index in [9.17, 15) is 0 Å². The van der Waals surface area contributed by atoms with Crippen molar-refractivity contribution in [3.63, 3.8) is 0 Å². The Balaban J connectivity index is 1.02. The van der Waals surface area contributed by atoms with E-state index in [2.05, 4.69) is 195 Å². The van der Waals surface area contributed by atoms with Crippen LogP contribution in [0.15, 0.2) is 158 Å². The third-order valence-corrected chi connectivity index (χ3v) is 14.2. The highest BCUT2D eigenvalue weighted by Gasteiger charge is 2.38. The Labute approximate surface area is 362 Å². The summed E-state index contributed by atoms with van der Waals surface area (Å²) in [5.74, 6) is 2.18. The minimum absolute atomic E-state index is 0.0805. The summed E-state index contributed by atoms with van der Waals surface area (Å²) in [6.45, 7) is 9.69. The molecule has 3 aliphatic carbocycles. The molecule has 0 aliphatic heterocycles. The van der Waals surface area contributed by atoms with Crippen LogP contribution in [0.3, 0.4) is 0 Å². The van der Waals surface area contributed by atoms with Gasteiger partial charge in [0.05, 0.1) is 17.1 Å². The maximum Gasteiger partial charge on any atom is 0.164 e. The first-order valence-corrected chi connectivity index (χ1v) is 22.3. The van der Waals surface area contributed by atoms with Gasteiger partial charge in [-0.1, -0.05) is 137 Å². The first-order valence-electron chi connectivity index (χ1n) is 22.3. The van der Waals surface area contributed by atoms with E-state index >= 15 is 0 Å². The van der Waals surface area contributed by atoms with E-state index in [4.69, 9.17) is 15.0 Å². The van der Waals surface area contributed by atoms with Crippen molar-refractivity contribution in [2.75, 3.05) is 0 Å². The Kier molecular flexibility index (Phi) is 8.25. The Hall–Kier alpha value is -6.85. The lowest BCUT2D eigenvalue weighted by molar-refractivity contribution is 0.332. The zero-order valence-electron chi connectivity index (χ0n) is 35.9. The maximum absolute atomic E-state index is 5.36. The number of allylic oxidation sites excluding steroid dienone is 8. The first-order chi connectivity index (χ1) is 30.2. The van der Waals surface area contributed by atoms with E-state index in [1.165, 1.54) is 78.4 Å². The Morgan fingerprint density at radius 3 is 1.87 bits per heavy atom. The van der Waals surface area contributed by atoms with E-state index in [0.29, 0.717) is 5.82 Å². The summed E-state index contributed by atoms with van der Waals surface area (Å²) in [4.78, 5) is 15.9. The summed E-state index contributed by atoms with van der Waals surface area (Å²) in [5, 5.41) is 7.63. The molecule has 5 nitrogen and oxygen atoms in total. The van der Waals surface area contributed by atoms with Gasteiger partial charge < -0.3 is 9.13 Å². The van der Waals surface area contributed by atoms with Gasteiger partial charge in [-0.15, -0.1) is 0 Å². The highest BCUT2D eigenvalue weighted by Crippen LogP contribution is 2.49. The van der Waals surface area contributed by atoms with Crippen LogP contribution in [0.2, 0.25) is 0 Å². The number of fused-ring (bicyclic) bond motifs is 8. The molecule has 0 N–H and O–H groups in total. The second-order valence-electron chi connectivity index (χ2n) is 19.0. The van der Waals surface area contributed by atoms with Gasteiger partial charge in [-0.05, 0) is 118 Å². The summed E-state index contributed by atoms with van der Waals surface area (Å²) in [6, 6.07) is 45.1. The second-order valence-corrected chi connectivity index (χ2v) is 19.0. The predicted octanol–water partition coefficient (Wildman–Crippen LogP) is 14.6. The van der Waals surface area contributed by atoms with Crippen molar-refractivity contribution >= 4 is 65.5 Å². The van der Waals surface area contributed by atoms with Crippen molar-refractivity contribution in [2.24, 2.45) is 0 Å². The van der Waals surface area contributed by atoms with E-state index in [1.807, 2.05) is 0 Å². The molecule has 3 aliphatic rings. The largest absolute Gasteiger partial charge is 0.333 e. The molecule has 12 rings (SSSR count). The molecular weight excluding hydrogens is 755 g/mol. The molecule has 9 aromatic rings. The van der Waals surface area contributed by atoms with Crippen molar-refractivity contribution in [1.29, 1.82) is 0 Å². The summed E-state index contributed by atoms with van der Waals surface area (Å²) in [7, 11) is 0. The van der Waals surface area contributed by atoms with Crippen LogP contribution in [-0.2, 0) is 10.8 Å². The summed E-state index contributed by atoms with van der Waals surface area (Å²) >= 11 is 0. The van der Waals surface area contributed by atoms with E-state index in [-0.39, 0.29) is 16.9 Å². The monoisotopic (exact) mass is 803 g/mol. The summed E-state index contributed by atoms with van der Waals surface area (Å²) < 4.78 is 4.98. The van der Waals surface area contributed by atoms with Crippen molar-refractivity contribution in [3.05, 3.63) is 181 Å². The van der Waals surface area contributed by atoms with Crippen molar-refractivity contribution in [1.82, 2.24) is 24.1 Å². The molecule has 0 amide bonds. The molecule has 6 aromatic carbocycles. The van der Waals surface area contributed by atoms with E-state index in [0.717, 1.165) is 53.3 Å². The van der Waals surface area contributed by atoms with Gasteiger partial charge in [0.25, 0.3) is 0 Å². The van der Waals surface area contributed by atoms with Gasteiger partial charge in [0, 0.05) is 50.2 Å². The fourth-order valence-corrected chi connectivity index (χ4v) is 10.7. The number of benzene rings is 6. The fourth-order valence-electron chi connectivity index (χ4n) is 10.7. The van der Waals surface area contributed by atoms with Crippen molar-refractivity contribution in [3.8, 4) is 17.1 Å². The summed E-state index contributed by atoms with van der Waals surface area (Å²) in [6.07, 6.45) is 18.2. The lowest BCUT2D eigenvalue weighted by Gasteiger charge is -2.42. The van der Waals surface area contributed by atoms with E-state index < -0.39 is 0 Å². The zero-order chi connectivity index (χ0) is 41.7. The van der Waals surface area contributed by atoms with Gasteiger partial charge >= 0.3 is 0 Å². The first kappa shape index (κ1) is 37.0. The van der Waals surface area contributed by atoms with Crippen LogP contribution in [0.1, 0.15) is 88.6 Å². The van der Waals surface area contributed by atoms with Crippen LogP contribution in [-0.4, -0.2) is 24.1 Å². The molecular formula is C57H49N5. The standard InChI is InChI=1S/C57H49N5/c1-56(2)28-29-57(3,4)48-35-52-46(34-47(48)56)45-32-37-18-8-9-19-38(37)33-51(45)62(52)42-23-15-21-40(31-42)55-59-53(36-16-6-5-7-17-36)58-54(60-55)39-20-14-22-41(30-39)61-49-26-12-10-24-43(49)44-25-11-13-27-50(44)61/h5-6,8-16,18-27,31-35,41H,7,17,28-30H2,1-4H3. The summed E-state index contributed by atoms with van der Waals surface area (Å²) in [5.41, 5.74) is 12.4. The predicted molar refractivity (Wildman–Crippen MR) is 259 cm³/mol. The highest BCUT2D eigenvalue weighted by molar-refractivity contribution is 6.14. The Bertz CT molecular complexity index is 3400. The minimum atomic E-state index is 0.0805. The number of para-hydroxylation sites is 2. The maximum atomic E-state index is 5.36. The van der Waals surface area contributed by atoms with Gasteiger partial charge in [0.1, 0.15) is 0 Å². The quantitative estimate of drug-likeness (QED) is 0.174. The van der Waals surface area contributed by atoms with Gasteiger partial charge in [0.2, 0.25) is 0 Å². The third kappa shape index (κ3) is 5.85. The van der Waals surface area contributed by atoms with Crippen LogP contribution >= 0.6 is 0 Å². The molecule has 302 valence electrons. The Morgan fingerprint density at radius 2 is 1.15 bits per heavy atom. The van der Waals surface area contributed by atoms with Gasteiger partial charge in [-0.3, -0.25) is 0 Å². The van der Waals surface area contributed by atoms with Crippen LogP contribution in [0.25, 0.3) is 82.6 Å². The molecule has 0 saturated carbocycles. The molecule has 1 atom stereocenters. The number of aromatic nitrogens is 5. The Morgan fingerprint density at radius 1 is 0.532 bits per heavy atom. The van der Waals surface area contributed by atoms with Crippen molar-refractivity contribution < 1.29 is 0 Å². The average molecular weight is 804 g/mol. The van der Waals surface area contributed by atoms with Gasteiger partial charge in [-0.25, -0.2) is 15.0 Å². The molecule has 0 radical (unpaired) electrons. The lowest BCUT2D eigenvalue weighted by atomic mass is 9.63. The third-order valence-electron chi connectivity index (χ3n) is 14.2. The van der Waals surface area contributed by atoms with Crippen LogP contribution in [0.5, 0.6) is 0 Å². The lowest BCUT2D eigenvalue weighted by Crippen LogP contribution is -2.33. The number of hydrogen-bond donors (Lipinski definition) is 0. The molecule has 0 fully saturated rings. The topological polar surface area (TPSA) is 48.5 Å². The number of rotatable bonds is 5. The average Bonchev–Trinajstić information content (AvgIpc) is 3.81. The molecule has 5 heteroatoms. The highest BCUT2D eigenvalue weighted by atomic mass is 15.1. The van der Waals surface area contributed by atoms with Crippen molar-refractivity contribution in [2.45, 2.75) is 76.7 Å². The minimum Gasteiger partial charge on any atom is -0.333 e. The van der Waals surface area contributed by atoms with E-state index in [1.54, 1.807) is 0 Å². The van der Waals surface area contributed by atoms with Crippen LogP contribution in [0, 0.1) is 0 Å². The smallest absolute Gasteiger partial charge is 0.164 e. The van der Waals surface area contributed by atoms with Gasteiger partial charge in [-0.2, -0.15) is 0 Å². The molecule has 0 saturated heterocycles. The zero-order valence-corrected chi connectivity index (χ0v) is 35.9. The number of nitrogens with zero attached hydrogens (tertiary/aromatic N) is 5. The normalized spacial score (nSPS) is 18.2. The molecule has 1 unspecified atom stereocenters.